The van der Waals surface area contributed by atoms with Crippen molar-refractivity contribution in [2.24, 2.45) is 0 Å². The smallest absolute Gasteiger partial charge is 0.161 e. The lowest BCUT2D eigenvalue weighted by molar-refractivity contribution is 0.286. The van der Waals surface area contributed by atoms with Crippen molar-refractivity contribution in [3.05, 3.63) is 57.6 Å². The first-order valence-corrected chi connectivity index (χ1v) is 8.93. The fraction of sp³-hybridized carbons (Fsp3) is 0.368. The minimum atomic E-state index is 0. The molecule has 1 N–H and O–H groups in total. The van der Waals surface area contributed by atoms with E-state index < -0.39 is 0 Å². The molecule has 1 unspecified atom stereocenters. The first kappa shape index (κ1) is 19.1. The van der Waals surface area contributed by atoms with Crippen molar-refractivity contribution in [3.8, 4) is 11.5 Å². The van der Waals surface area contributed by atoms with Crippen molar-refractivity contribution in [1.29, 1.82) is 0 Å². The monoisotopic (exact) mass is 411 g/mol. The van der Waals surface area contributed by atoms with Crippen molar-refractivity contribution >= 4 is 28.3 Å². The molecule has 1 atom stereocenters. The van der Waals surface area contributed by atoms with E-state index in [1.54, 1.807) is 0 Å². The van der Waals surface area contributed by atoms with E-state index in [2.05, 4.69) is 57.6 Å². The van der Waals surface area contributed by atoms with Crippen molar-refractivity contribution in [1.82, 2.24) is 5.32 Å². The molecule has 1 heterocycles. The Morgan fingerprint density at radius 3 is 2.29 bits per heavy atom. The van der Waals surface area contributed by atoms with Gasteiger partial charge in [0, 0.05) is 11.0 Å². The third kappa shape index (κ3) is 4.05. The molecule has 130 valence electrons. The van der Waals surface area contributed by atoms with Gasteiger partial charge >= 0.3 is 0 Å². The second kappa shape index (κ2) is 8.75. The standard InChI is InChI=1S/C19H22BrNO2.ClH/c1-3-22-17-11-14-9-10-21-19(13-5-7-15(20)8-6-13)16(14)12-18(17)23-4-2;/h5-8,11-12,19,21H,3-4,9-10H2,1-2H3;1H. The Labute approximate surface area is 158 Å². The summed E-state index contributed by atoms with van der Waals surface area (Å²) in [5.74, 6) is 1.68. The molecule has 0 aromatic heterocycles. The Hall–Kier alpha value is -1.23. The minimum absolute atomic E-state index is 0. The number of ether oxygens (including phenoxy) is 2. The highest BCUT2D eigenvalue weighted by atomic mass is 79.9. The van der Waals surface area contributed by atoms with Gasteiger partial charge in [-0.05, 0) is 61.2 Å². The van der Waals surface area contributed by atoms with E-state index in [1.807, 2.05) is 13.8 Å². The summed E-state index contributed by atoms with van der Waals surface area (Å²) in [6, 6.07) is 13.0. The normalized spacial score (nSPS) is 16.0. The van der Waals surface area contributed by atoms with Crippen molar-refractivity contribution in [2.45, 2.75) is 26.3 Å². The molecule has 2 aromatic rings. The van der Waals surface area contributed by atoms with Crippen LogP contribution in [0.2, 0.25) is 0 Å². The Kier molecular flexibility index (Phi) is 6.96. The highest BCUT2D eigenvalue weighted by Crippen LogP contribution is 2.37. The number of hydrogen-bond acceptors (Lipinski definition) is 3. The van der Waals surface area contributed by atoms with Crippen LogP contribution in [0.4, 0.5) is 0 Å². The predicted molar refractivity (Wildman–Crippen MR) is 104 cm³/mol. The lowest BCUT2D eigenvalue weighted by Gasteiger charge is -2.29. The summed E-state index contributed by atoms with van der Waals surface area (Å²) in [7, 11) is 0. The van der Waals surface area contributed by atoms with Crippen LogP contribution in [0.3, 0.4) is 0 Å². The number of nitrogens with one attached hydrogen (secondary N) is 1. The Balaban J connectivity index is 0.00000208. The van der Waals surface area contributed by atoms with E-state index in [0.717, 1.165) is 28.9 Å². The van der Waals surface area contributed by atoms with Crippen molar-refractivity contribution in [2.75, 3.05) is 19.8 Å². The van der Waals surface area contributed by atoms with Crippen LogP contribution in [0, 0.1) is 0 Å². The van der Waals surface area contributed by atoms with Crippen LogP contribution in [-0.4, -0.2) is 19.8 Å². The van der Waals surface area contributed by atoms with Crippen molar-refractivity contribution < 1.29 is 9.47 Å². The van der Waals surface area contributed by atoms with Gasteiger partial charge in [0.15, 0.2) is 11.5 Å². The summed E-state index contributed by atoms with van der Waals surface area (Å²) >= 11 is 3.50. The second-order valence-electron chi connectivity index (χ2n) is 5.55. The number of hydrogen-bond donors (Lipinski definition) is 1. The molecule has 0 aliphatic carbocycles. The molecule has 1 aliphatic rings. The zero-order valence-corrected chi connectivity index (χ0v) is 16.4. The zero-order valence-electron chi connectivity index (χ0n) is 14.0. The van der Waals surface area contributed by atoms with Crippen LogP contribution in [0.5, 0.6) is 11.5 Å². The summed E-state index contributed by atoms with van der Waals surface area (Å²) in [6.45, 7) is 6.25. The summed E-state index contributed by atoms with van der Waals surface area (Å²) in [4.78, 5) is 0. The average molecular weight is 413 g/mol. The van der Waals surface area contributed by atoms with Gasteiger partial charge in [-0.1, -0.05) is 28.1 Å². The molecule has 0 fully saturated rings. The summed E-state index contributed by atoms with van der Waals surface area (Å²) < 4.78 is 12.7. The average Bonchev–Trinajstić information content (AvgIpc) is 2.56. The van der Waals surface area contributed by atoms with Gasteiger partial charge in [0.25, 0.3) is 0 Å². The first-order valence-electron chi connectivity index (χ1n) is 8.14. The maximum atomic E-state index is 5.80. The van der Waals surface area contributed by atoms with Crippen molar-refractivity contribution in [3.63, 3.8) is 0 Å². The fourth-order valence-corrected chi connectivity index (χ4v) is 3.32. The van der Waals surface area contributed by atoms with Gasteiger partial charge in [-0.3, -0.25) is 0 Å². The Bertz CT molecular complexity index is 676. The van der Waals surface area contributed by atoms with Crippen LogP contribution in [0.25, 0.3) is 0 Å². The third-order valence-electron chi connectivity index (χ3n) is 4.06. The summed E-state index contributed by atoms with van der Waals surface area (Å²) in [5, 5.41) is 3.62. The van der Waals surface area contributed by atoms with Gasteiger partial charge in [0.2, 0.25) is 0 Å². The molecular weight excluding hydrogens is 390 g/mol. The summed E-state index contributed by atoms with van der Waals surface area (Å²) in [5.41, 5.74) is 3.88. The molecule has 0 bridgehead atoms. The van der Waals surface area contributed by atoms with Crippen LogP contribution >= 0.6 is 28.3 Å². The SMILES string of the molecule is CCOc1cc2c(cc1OCC)C(c1ccc(Br)cc1)NCC2.Cl. The molecule has 0 spiro atoms. The molecule has 2 aromatic carbocycles. The maximum absolute atomic E-state index is 5.80. The molecule has 3 nitrogen and oxygen atoms in total. The molecule has 3 rings (SSSR count). The van der Waals surface area contributed by atoms with E-state index in [-0.39, 0.29) is 18.4 Å². The van der Waals surface area contributed by atoms with E-state index in [9.17, 15) is 0 Å². The van der Waals surface area contributed by atoms with Gasteiger partial charge in [0.1, 0.15) is 0 Å². The Morgan fingerprint density at radius 1 is 1.04 bits per heavy atom. The lowest BCUT2D eigenvalue weighted by atomic mass is 9.89. The van der Waals surface area contributed by atoms with Gasteiger partial charge in [-0.15, -0.1) is 12.4 Å². The Morgan fingerprint density at radius 2 is 1.67 bits per heavy atom. The molecule has 24 heavy (non-hydrogen) atoms. The van der Waals surface area contributed by atoms with Crippen LogP contribution in [-0.2, 0) is 6.42 Å². The number of halogens is 2. The molecule has 0 saturated carbocycles. The predicted octanol–water partition coefficient (Wildman–Crippen LogP) is 4.90. The van der Waals surface area contributed by atoms with Crippen LogP contribution < -0.4 is 14.8 Å². The van der Waals surface area contributed by atoms with E-state index >= 15 is 0 Å². The van der Waals surface area contributed by atoms with Gasteiger partial charge in [0.05, 0.1) is 19.3 Å². The van der Waals surface area contributed by atoms with E-state index in [4.69, 9.17) is 9.47 Å². The molecule has 0 saturated heterocycles. The quantitative estimate of drug-likeness (QED) is 0.757. The summed E-state index contributed by atoms with van der Waals surface area (Å²) in [6.07, 6.45) is 1.01. The molecular formula is C19H23BrClNO2. The van der Waals surface area contributed by atoms with Gasteiger partial charge in [-0.2, -0.15) is 0 Å². The fourth-order valence-electron chi connectivity index (χ4n) is 3.05. The number of fused-ring (bicyclic) bond motifs is 1. The maximum Gasteiger partial charge on any atom is 0.161 e. The highest BCUT2D eigenvalue weighted by Gasteiger charge is 2.24. The topological polar surface area (TPSA) is 30.5 Å². The van der Waals surface area contributed by atoms with Gasteiger partial charge < -0.3 is 14.8 Å². The minimum Gasteiger partial charge on any atom is -0.490 e. The first-order chi connectivity index (χ1) is 11.2. The number of rotatable bonds is 5. The largest absolute Gasteiger partial charge is 0.490 e. The zero-order chi connectivity index (χ0) is 16.2. The molecule has 0 radical (unpaired) electrons. The van der Waals surface area contributed by atoms with Crippen LogP contribution in [0.1, 0.15) is 36.6 Å². The van der Waals surface area contributed by atoms with E-state index in [1.165, 1.54) is 16.7 Å². The highest BCUT2D eigenvalue weighted by molar-refractivity contribution is 9.10. The third-order valence-corrected chi connectivity index (χ3v) is 4.59. The second-order valence-corrected chi connectivity index (χ2v) is 6.47. The van der Waals surface area contributed by atoms with Gasteiger partial charge in [-0.25, -0.2) is 0 Å². The number of benzene rings is 2. The van der Waals surface area contributed by atoms with Crippen LogP contribution in [0.15, 0.2) is 40.9 Å². The molecule has 5 heteroatoms. The lowest BCUT2D eigenvalue weighted by Crippen LogP contribution is -2.30. The van der Waals surface area contributed by atoms with E-state index in [0.29, 0.717) is 13.2 Å². The molecule has 1 aliphatic heterocycles. The molecule has 0 amide bonds.